The maximum absolute atomic E-state index is 12.5. The number of likely N-dealkylation sites (N-methyl/N-ethyl adjacent to an activating group) is 1. The molecule has 0 fully saturated rings. The number of urea groups is 1. The Morgan fingerprint density at radius 3 is 2.68 bits per heavy atom. The van der Waals surface area contributed by atoms with Crippen LogP contribution < -0.4 is 16.0 Å². The van der Waals surface area contributed by atoms with Gasteiger partial charge in [0.15, 0.2) is 0 Å². The highest BCUT2D eigenvalue weighted by molar-refractivity contribution is 6.32. The van der Waals surface area contributed by atoms with Crippen molar-refractivity contribution in [2.24, 2.45) is 5.16 Å². The van der Waals surface area contributed by atoms with Gasteiger partial charge in [-0.25, -0.2) is 4.79 Å². The molecular formula is C21H26ClN5O4. The molecule has 0 aliphatic carbocycles. The molecular weight excluding hydrogens is 422 g/mol. The highest BCUT2D eigenvalue weighted by Crippen LogP contribution is 2.28. The van der Waals surface area contributed by atoms with E-state index in [4.69, 9.17) is 16.4 Å². The molecule has 9 nitrogen and oxygen atoms in total. The fourth-order valence-electron chi connectivity index (χ4n) is 2.72. The molecule has 31 heavy (non-hydrogen) atoms. The van der Waals surface area contributed by atoms with Crippen molar-refractivity contribution in [3.8, 4) is 0 Å². The zero-order chi connectivity index (χ0) is 23.0. The summed E-state index contributed by atoms with van der Waals surface area (Å²) in [4.78, 5) is 28.2. The average molecular weight is 448 g/mol. The van der Waals surface area contributed by atoms with Crippen molar-refractivity contribution in [2.75, 3.05) is 25.5 Å². The van der Waals surface area contributed by atoms with E-state index in [-0.39, 0.29) is 16.4 Å². The van der Waals surface area contributed by atoms with Gasteiger partial charge in [0.1, 0.15) is 11.6 Å². The second kappa shape index (κ2) is 10.7. The molecule has 0 aliphatic rings. The highest BCUT2D eigenvalue weighted by atomic mass is 35.5. The summed E-state index contributed by atoms with van der Waals surface area (Å²) >= 11 is 5.81. The third-order valence-electron chi connectivity index (χ3n) is 4.47. The summed E-state index contributed by atoms with van der Waals surface area (Å²) in [5.41, 5.74) is 1.69. The standard InChI is InChI=1S/C21H26ClN5O4/c1-14(26-31-11-10-23-4)15-6-5-7-16(12-15)21(2,3)25-20(28)24-17-8-9-18(22)19(13-17)27(29)30/h5-9,12-13,23H,10-11H2,1-4H3,(H2,24,25,28)/b26-14+. The van der Waals surface area contributed by atoms with Crippen LogP contribution in [0.25, 0.3) is 0 Å². The lowest BCUT2D eigenvalue weighted by Crippen LogP contribution is -2.43. The van der Waals surface area contributed by atoms with E-state index in [2.05, 4.69) is 21.1 Å². The van der Waals surface area contributed by atoms with Crippen LogP contribution in [0.15, 0.2) is 47.6 Å². The van der Waals surface area contributed by atoms with E-state index in [1.165, 1.54) is 18.2 Å². The van der Waals surface area contributed by atoms with E-state index in [9.17, 15) is 14.9 Å². The van der Waals surface area contributed by atoms with Gasteiger partial charge < -0.3 is 20.8 Å². The molecule has 166 valence electrons. The Kier molecular flexibility index (Phi) is 8.35. The number of oxime groups is 1. The number of amides is 2. The first-order chi connectivity index (χ1) is 14.6. The number of nitrogens with zero attached hydrogens (tertiary/aromatic N) is 2. The summed E-state index contributed by atoms with van der Waals surface area (Å²) in [5, 5.41) is 23.6. The number of hydrogen-bond donors (Lipinski definition) is 3. The predicted octanol–water partition coefficient (Wildman–Crippen LogP) is 4.27. The van der Waals surface area contributed by atoms with E-state index >= 15 is 0 Å². The van der Waals surface area contributed by atoms with Gasteiger partial charge in [-0.15, -0.1) is 0 Å². The van der Waals surface area contributed by atoms with E-state index in [1.807, 2.05) is 52.1 Å². The number of halogens is 1. The first kappa shape index (κ1) is 24.1. The zero-order valence-corrected chi connectivity index (χ0v) is 18.6. The molecule has 0 bridgehead atoms. The van der Waals surface area contributed by atoms with Gasteiger partial charge in [-0.1, -0.05) is 35.0 Å². The van der Waals surface area contributed by atoms with Crippen molar-refractivity contribution < 1.29 is 14.6 Å². The van der Waals surface area contributed by atoms with Gasteiger partial charge in [-0.05, 0) is 57.1 Å². The molecule has 2 rings (SSSR count). The minimum Gasteiger partial charge on any atom is -0.394 e. The topological polar surface area (TPSA) is 118 Å². The lowest BCUT2D eigenvalue weighted by Gasteiger charge is -2.27. The molecule has 0 unspecified atom stereocenters. The van der Waals surface area contributed by atoms with E-state index in [0.717, 1.165) is 11.1 Å². The minimum atomic E-state index is -0.730. The maximum atomic E-state index is 12.5. The summed E-state index contributed by atoms with van der Waals surface area (Å²) in [6.07, 6.45) is 0. The molecule has 0 aliphatic heterocycles. The molecule has 0 heterocycles. The molecule has 0 radical (unpaired) electrons. The van der Waals surface area contributed by atoms with Crippen molar-refractivity contribution in [2.45, 2.75) is 26.3 Å². The Morgan fingerprint density at radius 2 is 2.00 bits per heavy atom. The highest BCUT2D eigenvalue weighted by Gasteiger charge is 2.24. The zero-order valence-electron chi connectivity index (χ0n) is 17.9. The van der Waals surface area contributed by atoms with Gasteiger partial charge in [0, 0.05) is 18.3 Å². The van der Waals surface area contributed by atoms with Gasteiger partial charge >= 0.3 is 6.03 Å². The van der Waals surface area contributed by atoms with E-state index < -0.39 is 16.5 Å². The Bertz CT molecular complexity index is 978. The minimum absolute atomic E-state index is 0.0000682. The molecule has 2 amide bonds. The summed E-state index contributed by atoms with van der Waals surface area (Å²) in [7, 11) is 1.84. The van der Waals surface area contributed by atoms with Crippen LogP contribution in [0.4, 0.5) is 16.2 Å². The number of nitro benzene ring substituents is 1. The molecule has 10 heteroatoms. The Balaban J connectivity index is 2.10. The van der Waals surface area contributed by atoms with Gasteiger partial charge in [-0.2, -0.15) is 0 Å². The van der Waals surface area contributed by atoms with Crippen molar-refractivity contribution in [1.82, 2.24) is 10.6 Å². The first-order valence-corrected chi connectivity index (χ1v) is 9.97. The van der Waals surface area contributed by atoms with E-state index in [0.29, 0.717) is 18.9 Å². The molecule has 0 saturated carbocycles. The van der Waals surface area contributed by atoms with Crippen LogP contribution in [0.5, 0.6) is 0 Å². The lowest BCUT2D eigenvalue weighted by molar-refractivity contribution is -0.384. The van der Waals surface area contributed by atoms with Crippen LogP contribution in [-0.4, -0.2) is 36.9 Å². The number of anilines is 1. The Labute approximate surface area is 186 Å². The van der Waals surface area contributed by atoms with Crippen LogP contribution in [0.2, 0.25) is 5.02 Å². The molecule has 2 aromatic rings. The summed E-state index contributed by atoms with van der Waals surface area (Å²) < 4.78 is 0. The second-order valence-corrected chi connectivity index (χ2v) is 7.73. The lowest BCUT2D eigenvalue weighted by atomic mass is 9.92. The van der Waals surface area contributed by atoms with Crippen LogP contribution in [0.3, 0.4) is 0 Å². The van der Waals surface area contributed by atoms with Crippen LogP contribution in [-0.2, 0) is 10.4 Å². The van der Waals surface area contributed by atoms with Crippen LogP contribution in [0, 0.1) is 10.1 Å². The van der Waals surface area contributed by atoms with Gasteiger partial charge in [0.05, 0.1) is 16.2 Å². The van der Waals surface area contributed by atoms with Crippen molar-refractivity contribution in [1.29, 1.82) is 0 Å². The summed E-state index contributed by atoms with van der Waals surface area (Å²) in [6.45, 7) is 6.71. The quantitative estimate of drug-likeness (QED) is 0.229. The van der Waals surface area contributed by atoms with E-state index in [1.54, 1.807) is 0 Å². The number of carbonyl (C=O) groups is 1. The maximum Gasteiger partial charge on any atom is 0.319 e. The number of rotatable bonds is 9. The fourth-order valence-corrected chi connectivity index (χ4v) is 2.91. The monoisotopic (exact) mass is 447 g/mol. The van der Waals surface area contributed by atoms with Crippen molar-refractivity contribution in [3.05, 3.63) is 68.7 Å². The van der Waals surface area contributed by atoms with Crippen molar-refractivity contribution in [3.63, 3.8) is 0 Å². The number of benzene rings is 2. The second-order valence-electron chi connectivity index (χ2n) is 7.32. The number of nitro groups is 1. The Morgan fingerprint density at radius 1 is 1.26 bits per heavy atom. The molecule has 0 spiro atoms. The third-order valence-corrected chi connectivity index (χ3v) is 4.79. The number of hydrogen-bond acceptors (Lipinski definition) is 6. The smallest absolute Gasteiger partial charge is 0.319 e. The molecule has 0 atom stereocenters. The normalized spacial score (nSPS) is 11.7. The number of nitrogens with one attached hydrogen (secondary N) is 3. The SMILES string of the molecule is CNCCO/N=C(\C)c1cccc(C(C)(C)NC(=O)Nc2ccc(Cl)c([N+](=O)[O-])c2)c1. The first-order valence-electron chi connectivity index (χ1n) is 9.59. The Hall–Kier alpha value is -3.17. The average Bonchev–Trinajstić information content (AvgIpc) is 2.72. The molecule has 0 aromatic heterocycles. The van der Waals surface area contributed by atoms with Gasteiger partial charge in [0.25, 0.3) is 5.69 Å². The predicted molar refractivity (Wildman–Crippen MR) is 122 cm³/mol. The largest absolute Gasteiger partial charge is 0.394 e. The van der Waals surface area contributed by atoms with Crippen molar-refractivity contribution >= 4 is 34.7 Å². The third kappa shape index (κ3) is 6.94. The number of carbonyl (C=O) groups excluding carboxylic acids is 1. The summed E-state index contributed by atoms with van der Waals surface area (Å²) in [6, 6.07) is 11.2. The molecule has 3 N–H and O–H groups in total. The van der Waals surface area contributed by atoms with Crippen LogP contribution in [0.1, 0.15) is 31.9 Å². The summed E-state index contributed by atoms with van der Waals surface area (Å²) in [5.74, 6) is 0. The van der Waals surface area contributed by atoms with Gasteiger partial charge in [-0.3, -0.25) is 10.1 Å². The van der Waals surface area contributed by atoms with Gasteiger partial charge in [0.2, 0.25) is 0 Å². The fraction of sp³-hybridized carbons (Fsp3) is 0.333. The molecule has 0 saturated heterocycles. The van der Waals surface area contributed by atoms with Crippen LogP contribution >= 0.6 is 11.6 Å². The molecule has 2 aromatic carbocycles.